The maximum Gasteiger partial charge on any atom is 0.258 e. The van der Waals surface area contributed by atoms with Crippen LogP contribution in [0.3, 0.4) is 0 Å². The van der Waals surface area contributed by atoms with Gasteiger partial charge in [0, 0.05) is 37.4 Å². The number of rotatable bonds is 3. The first-order valence-electron chi connectivity index (χ1n) is 9.19. The van der Waals surface area contributed by atoms with Crippen molar-refractivity contribution in [3.05, 3.63) is 65.0 Å². The second-order valence-corrected chi connectivity index (χ2v) is 7.35. The van der Waals surface area contributed by atoms with E-state index < -0.39 is 11.7 Å². The Balaban J connectivity index is 0.00000225. The minimum atomic E-state index is -0.572. The van der Waals surface area contributed by atoms with Crippen molar-refractivity contribution in [2.75, 3.05) is 31.5 Å². The molecule has 2 saturated heterocycles. The van der Waals surface area contributed by atoms with Gasteiger partial charge in [0.05, 0.1) is 5.56 Å². The number of nitrogens with one attached hydrogen (secondary N) is 2. The van der Waals surface area contributed by atoms with Gasteiger partial charge in [-0.1, -0.05) is 18.2 Å². The first kappa shape index (κ1) is 20.3. The van der Waals surface area contributed by atoms with E-state index in [-0.39, 0.29) is 23.9 Å². The van der Waals surface area contributed by atoms with Crippen molar-refractivity contribution in [3.8, 4) is 0 Å². The maximum absolute atomic E-state index is 13.8. The molecule has 0 radical (unpaired) electrons. The molecule has 2 aromatic rings. The van der Waals surface area contributed by atoms with Gasteiger partial charge >= 0.3 is 0 Å². The smallest absolute Gasteiger partial charge is 0.258 e. The van der Waals surface area contributed by atoms with E-state index in [4.69, 9.17) is 0 Å². The van der Waals surface area contributed by atoms with Crippen LogP contribution in [-0.4, -0.2) is 42.9 Å². The summed E-state index contributed by atoms with van der Waals surface area (Å²) < 4.78 is 13.8. The predicted molar refractivity (Wildman–Crippen MR) is 109 cm³/mol. The Morgan fingerprint density at radius 3 is 2.46 bits per heavy atom. The SMILES string of the molecule is Cc1ccc(C(=O)N2C[C@H]3CNC[C@H]3C2)cc1NC(=O)c1ccccc1F.Cl. The van der Waals surface area contributed by atoms with E-state index in [1.807, 2.05) is 17.9 Å². The van der Waals surface area contributed by atoms with Crippen molar-refractivity contribution in [3.63, 3.8) is 0 Å². The number of carbonyl (C=O) groups is 2. The molecule has 0 aromatic heterocycles. The zero-order valence-corrected chi connectivity index (χ0v) is 16.4. The highest BCUT2D eigenvalue weighted by molar-refractivity contribution is 6.05. The fraction of sp³-hybridized carbons (Fsp3) is 0.333. The van der Waals surface area contributed by atoms with Gasteiger partial charge in [0.25, 0.3) is 11.8 Å². The second-order valence-electron chi connectivity index (χ2n) is 7.35. The molecular weight excluding hydrogens is 381 g/mol. The van der Waals surface area contributed by atoms with Crippen molar-refractivity contribution in [2.24, 2.45) is 11.8 Å². The Hall–Kier alpha value is -2.44. The third kappa shape index (κ3) is 3.88. The number of nitrogens with zero attached hydrogens (tertiary/aromatic N) is 1. The Kier molecular flexibility index (Phi) is 6.01. The molecule has 0 spiro atoms. The van der Waals surface area contributed by atoms with Gasteiger partial charge < -0.3 is 15.5 Å². The van der Waals surface area contributed by atoms with E-state index in [2.05, 4.69) is 10.6 Å². The van der Waals surface area contributed by atoms with Gasteiger partial charge in [-0.05, 0) is 48.6 Å². The molecule has 28 heavy (non-hydrogen) atoms. The van der Waals surface area contributed by atoms with Gasteiger partial charge in [-0.25, -0.2) is 4.39 Å². The second kappa shape index (κ2) is 8.29. The monoisotopic (exact) mass is 403 g/mol. The number of hydrogen-bond acceptors (Lipinski definition) is 3. The molecule has 0 bridgehead atoms. The molecule has 2 heterocycles. The van der Waals surface area contributed by atoms with Crippen molar-refractivity contribution in [2.45, 2.75) is 6.92 Å². The summed E-state index contributed by atoms with van der Waals surface area (Å²) in [5.74, 6) is -0.0651. The topological polar surface area (TPSA) is 61.4 Å². The fourth-order valence-corrected chi connectivity index (χ4v) is 3.93. The molecule has 4 rings (SSSR count). The number of hydrogen-bond donors (Lipinski definition) is 2. The number of carbonyl (C=O) groups excluding carboxylic acids is 2. The summed E-state index contributed by atoms with van der Waals surface area (Å²) in [6, 6.07) is 11.1. The molecule has 7 heteroatoms. The molecule has 2 amide bonds. The minimum absolute atomic E-state index is 0. The van der Waals surface area contributed by atoms with E-state index in [0.717, 1.165) is 31.7 Å². The maximum atomic E-state index is 13.8. The van der Waals surface area contributed by atoms with Crippen molar-refractivity contribution < 1.29 is 14.0 Å². The summed E-state index contributed by atoms with van der Waals surface area (Å²) in [7, 11) is 0. The molecule has 0 saturated carbocycles. The summed E-state index contributed by atoms with van der Waals surface area (Å²) in [6.07, 6.45) is 0. The quantitative estimate of drug-likeness (QED) is 0.827. The van der Waals surface area contributed by atoms with Crippen LogP contribution < -0.4 is 10.6 Å². The zero-order valence-electron chi connectivity index (χ0n) is 15.6. The first-order chi connectivity index (χ1) is 13.0. The molecule has 148 valence electrons. The molecule has 2 atom stereocenters. The van der Waals surface area contributed by atoms with Crippen LogP contribution in [0.2, 0.25) is 0 Å². The lowest BCUT2D eigenvalue weighted by atomic mass is 10.0. The average Bonchev–Trinajstić information content (AvgIpc) is 3.25. The Morgan fingerprint density at radius 1 is 1.11 bits per heavy atom. The third-order valence-electron chi connectivity index (χ3n) is 5.53. The number of anilines is 1. The zero-order chi connectivity index (χ0) is 19.0. The Bertz CT molecular complexity index is 893. The largest absolute Gasteiger partial charge is 0.338 e. The van der Waals surface area contributed by atoms with E-state index in [1.165, 1.54) is 18.2 Å². The normalized spacial score (nSPS) is 20.4. The summed E-state index contributed by atoms with van der Waals surface area (Å²) in [4.78, 5) is 27.2. The lowest BCUT2D eigenvalue weighted by molar-refractivity contribution is 0.0781. The molecule has 2 fully saturated rings. The van der Waals surface area contributed by atoms with Crippen LogP contribution in [-0.2, 0) is 0 Å². The lowest BCUT2D eigenvalue weighted by Crippen LogP contribution is -2.32. The number of likely N-dealkylation sites (tertiary alicyclic amines) is 1. The van der Waals surface area contributed by atoms with Crippen molar-refractivity contribution in [1.29, 1.82) is 0 Å². The van der Waals surface area contributed by atoms with Gasteiger partial charge in [0.1, 0.15) is 5.82 Å². The summed E-state index contributed by atoms with van der Waals surface area (Å²) >= 11 is 0. The standard InChI is InChI=1S/C21H22FN3O2.ClH/c1-13-6-7-14(21(27)25-11-15-9-23-10-16(15)12-25)8-19(13)24-20(26)17-4-2-3-5-18(17)22;/h2-8,15-16,23H,9-12H2,1H3,(H,24,26);1H/t15-,16+;. The average molecular weight is 404 g/mol. The highest BCUT2D eigenvalue weighted by Gasteiger charge is 2.38. The number of benzene rings is 2. The van der Waals surface area contributed by atoms with Gasteiger partial charge in [-0.15, -0.1) is 12.4 Å². The van der Waals surface area contributed by atoms with Crippen LogP contribution in [0, 0.1) is 24.6 Å². The van der Waals surface area contributed by atoms with Gasteiger partial charge in [0.15, 0.2) is 0 Å². The molecule has 2 N–H and O–H groups in total. The summed E-state index contributed by atoms with van der Waals surface area (Å²) in [5, 5.41) is 6.10. The number of fused-ring (bicyclic) bond motifs is 1. The minimum Gasteiger partial charge on any atom is -0.338 e. The predicted octanol–water partition coefficient (Wildman–Crippen LogP) is 3.10. The highest BCUT2D eigenvalue weighted by atomic mass is 35.5. The fourth-order valence-electron chi connectivity index (χ4n) is 3.93. The van der Waals surface area contributed by atoms with Crippen LogP contribution in [0.4, 0.5) is 10.1 Å². The van der Waals surface area contributed by atoms with Crippen LogP contribution in [0.5, 0.6) is 0 Å². The number of aryl methyl sites for hydroxylation is 1. The molecule has 2 aliphatic heterocycles. The lowest BCUT2D eigenvalue weighted by Gasteiger charge is -2.18. The number of halogens is 2. The third-order valence-corrected chi connectivity index (χ3v) is 5.53. The molecular formula is C21H23ClFN3O2. The summed E-state index contributed by atoms with van der Waals surface area (Å²) in [6.45, 7) is 5.30. The van der Waals surface area contributed by atoms with E-state index in [1.54, 1.807) is 18.2 Å². The van der Waals surface area contributed by atoms with Crippen molar-refractivity contribution in [1.82, 2.24) is 10.2 Å². The Labute approximate surface area is 169 Å². The molecule has 2 aliphatic rings. The van der Waals surface area contributed by atoms with E-state index in [9.17, 15) is 14.0 Å². The number of amides is 2. The van der Waals surface area contributed by atoms with Crippen LogP contribution in [0.15, 0.2) is 42.5 Å². The molecule has 0 unspecified atom stereocenters. The van der Waals surface area contributed by atoms with Gasteiger partial charge in [-0.2, -0.15) is 0 Å². The van der Waals surface area contributed by atoms with Gasteiger partial charge in [-0.3, -0.25) is 9.59 Å². The first-order valence-corrected chi connectivity index (χ1v) is 9.19. The van der Waals surface area contributed by atoms with Gasteiger partial charge in [0.2, 0.25) is 0 Å². The highest BCUT2D eigenvalue weighted by Crippen LogP contribution is 2.28. The van der Waals surface area contributed by atoms with Crippen LogP contribution in [0.1, 0.15) is 26.3 Å². The van der Waals surface area contributed by atoms with Crippen molar-refractivity contribution >= 4 is 29.9 Å². The molecule has 0 aliphatic carbocycles. The molecule has 2 aromatic carbocycles. The Morgan fingerprint density at radius 2 is 1.79 bits per heavy atom. The van der Waals surface area contributed by atoms with Crippen LogP contribution >= 0.6 is 12.4 Å². The molecule has 5 nitrogen and oxygen atoms in total. The summed E-state index contributed by atoms with van der Waals surface area (Å²) in [5.41, 5.74) is 1.86. The van der Waals surface area contributed by atoms with E-state index >= 15 is 0 Å². The van der Waals surface area contributed by atoms with E-state index in [0.29, 0.717) is 23.1 Å². The van der Waals surface area contributed by atoms with Crippen LogP contribution in [0.25, 0.3) is 0 Å².